The minimum absolute atomic E-state index is 0.243. The molecular weight excluding hydrogens is 328 g/mol. The molecule has 0 radical (unpaired) electrons. The molecule has 0 amide bonds. The summed E-state index contributed by atoms with van der Waals surface area (Å²) in [5.74, 6) is 2.19. The monoisotopic (exact) mass is 344 g/mol. The van der Waals surface area contributed by atoms with Crippen molar-refractivity contribution in [2.75, 3.05) is 11.6 Å². The van der Waals surface area contributed by atoms with E-state index in [9.17, 15) is 8.42 Å². The zero-order valence-electron chi connectivity index (χ0n) is 13.2. The summed E-state index contributed by atoms with van der Waals surface area (Å²) in [6.07, 6.45) is 4.62. The number of anilines is 2. The predicted octanol–water partition coefficient (Wildman–Crippen LogP) is 2.75. The maximum Gasteiger partial charge on any atom is 0.175 e. The van der Waals surface area contributed by atoms with Gasteiger partial charge in [0.25, 0.3) is 0 Å². The highest BCUT2D eigenvalue weighted by Crippen LogP contribution is 2.29. The summed E-state index contributed by atoms with van der Waals surface area (Å²) in [7, 11) is -1.41. The summed E-state index contributed by atoms with van der Waals surface area (Å²) in [5, 5.41) is 7.32. The van der Waals surface area contributed by atoms with E-state index in [0.29, 0.717) is 23.1 Å². The molecule has 0 fully saturated rings. The van der Waals surface area contributed by atoms with Crippen molar-refractivity contribution >= 4 is 21.5 Å². The van der Waals surface area contributed by atoms with E-state index in [1.165, 1.54) is 18.4 Å². The summed E-state index contributed by atoms with van der Waals surface area (Å²) in [5.41, 5.74) is 0. The van der Waals surface area contributed by atoms with Gasteiger partial charge in [-0.2, -0.15) is 5.10 Å². The maximum absolute atomic E-state index is 11.5. The van der Waals surface area contributed by atoms with Crippen molar-refractivity contribution in [3.63, 3.8) is 0 Å². The number of ether oxygens (including phenoxy) is 1. The van der Waals surface area contributed by atoms with Gasteiger partial charge in [0.1, 0.15) is 5.75 Å². The van der Waals surface area contributed by atoms with Crippen LogP contribution >= 0.6 is 0 Å². The SMILES string of the molecule is Cn1ccc(Nc2ncccc2Oc2ccc(S(C)(=O)=O)cc2)n1. The van der Waals surface area contributed by atoms with Gasteiger partial charge in [0.05, 0.1) is 4.90 Å². The summed E-state index contributed by atoms with van der Waals surface area (Å²) in [6.45, 7) is 0. The number of hydrogen-bond donors (Lipinski definition) is 1. The fraction of sp³-hybridized carbons (Fsp3) is 0.125. The lowest BCUT2D eigenvalue weighted by molar-refractivity contribution is 0.482. The van der Waals surface area contributed by atoms with Crippen LogP contribution in [0.5, 0.6) is 11.5 Å². The highest BCUT2D eigenvalue weighted by Gasteiger charge is 2.10. The number of aryl methyl sites for hydroxylation is 1. The Hall–Kier alpha value is -2.87. The number of benzene rings is 1. The van der Waals surface area contributed by atoms with Gasteiger partial charge in [0, 0.05) is 31.8 Å². The van der Waals surface area contributed by atoms with E-state index in [4.69, 9.17) is 4.74 Å². The number of sulfone groups is 1. The first-order valence-corrected chi connectivity index (χ1v) is 9.00. The van der Waals surface area contributed by atoms with Crippen molar-refractivity contribution in [2.24, 2.45) is 7.05 Å². The third-order valence-corrected chi connectivity index (χ3v) is 4.34. The summed E-state index contributed by atoms with van der Waals surface area (Å²) in [4.78, 5) is 4.50. The second-order valence-electron chi connectivity index (χ2n) is 5.20. The van der Waals surface area contributed by atoms with Crippen molar-refractivity contribution in [1.82, 2.24) is 14.8 Å². The highest BCUT2D eigenvalue weighted by atomic mass is 32.2. The summed E-state index contributed by atoms with van der Waals surface area (Å²) in [6, 6.07) is 11.6. The normalized spacial score (nSPS) is 11.2. The molecule has 3 rings (SSSR count). The zero-order chi connectivity index (χ0) is 17.2. The van der Waals surface area contributed by atoms with Crippen LogP contribution in [0.3, 0.4) is 0 Å². The maximum atomic E-state index is 11.5. The molecule has 0 bridgehead atoms. The van der Waals surface area contributed by atoms with E-state index in [1.807, 2.05) is 19.3 Å². The molecule has 0 saturated heterocycles. The lowest BCUT2D eigenvalue weighted by Gasteiger charge is -2.11. The van der Waals surface area contributed by atoms with Crippen molar-refractivity contribution in [3.05, 3.63) is 54.9 Å². The highest BCUT2D eigenvalue weighted by molar-refractivity contribution is 7.90. The molecule has 2 aromatic heterocycles. The summed E-state index contributed by atoms with van der Waals surface area (Å²) < 4.78 is 30.5. The van der Waals surface area contributed by atoms with E-state index >= 15 is 0 Å². The van der Waals surface area contributed by atoms with Crippen LogP contribution in [0.15, 0.2) is 59.8 Å². The van der Waals surface area contributed by atoms with Gasteiger partial charge in [-0.05, 0) is 36.4 Å². The van der Waals surface area contributed by atoms with E-state index in [2.05, 4.69) is 15.4 Å². The average molecular weight is 344 g/mol. The average Bonchev–Trinajstić information content (AvgIpc) is 2.94. The van der Waals surface area contributed by atoms with E-state index in [0.717, 1.165) is 0 Å². The molecule has 1 N–H and O–H groups in total. The first-order chi connectivity index (χ1) is 11.4. The molecule has 0 aliphatic heterocycles. The second kappa shape index (κ2) is 6.32. The van der Waals surface area contributed by atoms with Crippen molar-refractivity contribution in [2.45, 2.75) is 4.90 Å². The van der Waals surface area contributed by atoms with Crippen LogP contribution in [-0.4, -0.2) is 29.4 Å². The van der Waals surface area contributed by atoms with Crippen LogP contribution in [0.2, 0.25) is 0 Å². The number of aromatic nitrogens is 3. The lowest BCUT2D eigenvalue weighted by atomic mass is 10.3. The van der Waals surface area contributed by atoms with Gasteiger partial charge in [0.15, 0.2) is 27.2 Å². The number of nitrogens with zero attached hydrogens (tertiary/aromatic N) is 3. The van der Waals surface area contributed by atoms with Crippen LogP contribution in [0.25, 0.3) is 0 Å². The van der Waals surface area contributed by atoms with E-state index in [1.54, 1.807) is 35.1 Å². The Balaban J connectivity index is 1.82. The number of hydrogen-bond acceptors (Lipinski definition) is 6. The van der Waals surface area contributed by atoms with Gasteiger partial charge in [-0.25, -0.2) is 13.4 Å². The molecule has 24 heavy (non-hydrogen) atoms. The Bertz CT molecular complexity index is 949. The molecule has 8 heteroatoms. The Morgan fingerprint density at radius 1 is 1.12 bits per heavy atom. The van der Waals surface area contributed by atoms with Crippen molar-refractivity contribution in [1.29, 1.82) is 0 Å². The summed E-state index contributed by atoms with van der Waals surface area (Å²) >= 11 is 0. The van der Waals surface area contributed by atoms with Crippen molar-refractivity contribution < 1.29 is 13.2 Å². The Labute approximate surface area is 139 Å². The molecule has 0 unspecified atom stereocenters. The Kier molecular flexibility index (Phi) is 4.22. The van der Waals surface area contributed by atoms with Gasteiger partial charge in [-0.1, -0.05) is 0 Å². The Morgan fingerprint density at radius 2 is 1.88 bits per heavy atom. The third kappa shape index (κ3) is 3.72. The standard InChI is InChI=1S/C16H16N4O3S/c1-20-11-9-15(19-20)18-16-14(4-3-10-17-16)23-12-5-7-13(8-6-12)24(2,21)22/h3-11H,1-2H3,(H,17,18,19). The molecule has 2 heterocycles. The Morgan fingerprint density at radius 3 is 2.50 bits per heavy atom. The van der Waals surface area contributed by atoms with Gasteiger partial charge in [0.2, 0.25) is 0 Å². The van der Waals surface area contributed by atoms with Gasteiger partial charge < -0.3 is 10.1 Å². The van der Waals surface area contributed by atoms with Gasteiger partial charge in [-0.3, -0.25) is 4.68 Å². The van der Waals surface area contributed by atoms with Crippen LogP contribution in [0, 0.1) is 0 Å². The number of rotatable bonds is 5. The quantitative estimate of drug-likeness (QED) is 0.766. The zero-order valence-corrected chi connectivity index (χ0v) is 14.0. The fourth-order valence-electron chi connectivity index (χ4n) is 2.05. The molecule has 0 atom stereocenters. The molecule has 0 saturated carbocycles. The first kappa shape index (κ1) is 16.0. The van der Waals surface area contributed by atoms with E-state index in [-0.39, 0.29) is 4.90 Å². The van der Waals surface area contributed by atoms with Crippen LogP contribution in [0.4, 0.5) is 11.6 Å². The first-order valence-electron chi connectivity index (χ1n) is 7.11. The fourth-order valence-corrected chi connectivity index (χ4v) is 2.68. The molecule has 7 nitrogen and oxygen atoms in total. The largest absolute Gasteiger partial charge is 0.453 e. The second-order valence-corrected chi connectivity index (χ2v) is 7.21. The smallest absolute Gasteiger partial charge is 0.175 e. The molecule has 0 spiro atoms. The van der Waals surface area contributed by atoms with Gasteiger partial charge in [-0.15, -0.1) is 0 Å². The molecule has 0 aliphatic carbocycles. The minimum atomic E-state index is -3.23. The number of nitrogens with one attached hydrogen (secondary N) is 1. The van der Waals surface area contributed by atoms with Gasteiger partial charge >= 0.3 is 0 Å². The minimum Gasteiger partial charge on any atom is -0.453 e. The molecule has 124 valence electrons. The van der Waals surface area contributed by atoms with Crippen molar-refractivity contribution in [3.8, 4) is 11.5 Å². The lowest BCUT2D eigenvalue weighted by Crippen LogP contribution is -1.99. The number of pyridine rings is 1. The molecule has 3 aromatic rings. The van der Waals surface area contributed by atoms with Crippen LogP contribution < -0.4 is 10.1 Å². The third-order valence-electron chi connectivity index (χ3n) is 3.21. The van der Waals surface area contributed by atoms with E-state index < -0.39 is 9.84 Å². The van der Waals surface area contributed by atoms with Crippen LogP contribution in [0.1, 0.15) is 0 Å². The molecule has 0 aliphatic rings. The molecule has 1 aromatic carbocycles. The molecular formula is C16H16N4O3S. The topological polar surface area (TPSA) is 86.1 Å². The predicted molar refractivity (Wildman–Crippen MR) is 90.4 cm³/mol. The van der Waals surface area contributed by atoms with Crippen LogP contribution in [-0.2, 0) is 16.9 Å².